The molecular weight excluding hydrogens is 426 g/mol. The van der Waals surface area contributed by atoms with Gasteiger partial charge in [-0.15, -0.1) is 11.3 Å². The largest absolute Gasteiger partial charge is 0.462 e. The topological polar surface area (TPSA) is 127 Å². The fraction of sp³-hybridized carbons (Fsp3) is 0.500. The molecule has 1 saturated heterocycles. The van der Waals surface area contributed by atoms with Crippen LogP contribution in [0.15, 0.2) is 16.8 Å². The van der Waals surface area contributed by atoms with Crippen LogP contribution in [0.5, 0.6) is 6.01 Å². The van der Waals surface area contributed by atoms with Crippen molar-refractivity contribution in [2.75, 3.05) is 25.9 Å². The molecule has 2 aliphatic rings. The average molecular weight is 452 g/mol. The smallest absolute Gasteiger partial charge is 0.317 e. The molecule has 5 rings (SSSR count). The molecule has 0 radical (unpaired) electrons. The Balaban J connectivity index is 1.41. The molecule has 166 valence electrons. The molecule has 2 atom stereocenters. The van der Waals surface area contributed by atoms with Gasteiger partial charge < -0.3 is 19.9 Å². The van der Waals surface area contributed by atoms with Gasteiger partial charge in [-0.3, -0.25) is 0 Å². The quantitative estimate of drug-likeness (QED) is 0.622. The van der Waals surface area contributed by atoms with Crippen LogP contribution in [0.25, 0.3) is 11.5 Å². The van der Waals surface area contributed by atoms with Crippen molar-refractivity contribution in [1.82, 2.24) is 25.0 Å². The highest BCUT2D eigenvalue weighted by atomic mass is 32.1. The fourth-order valence-electron chi connectivity index (χ4n) is 4.76. The van der Waals surface area contributed by atoms with Gasteiger partial charge in [0.25, 0.3) is 0 Å². The number of nitriles is 1. The molecule has 0 unspecified atom stereocenters. The minimum absolute atomic E-state index is 0.303. The highest BCUT2D eigenvalue weighted by Gasteiger charge is 2.43. The number of nitrogens with two attached hydrogens (primary N) is 1. The first kappa shape index (κ1) is 20.8. The van der Waals surface area contributed by atoms with Crippen molar-refractivity contribution in [1.29, 1.82) is 5.26 Å². The lowest BCUT2D eigenvalue weighted by Crippen LogP contribution is -2.30. The molecule has 1 fully saturated rings. The lowest BCUT2D eigenvalue weighted by Gasteiger charge is -2.30. The number of aromatic nitrogens is 4. The van der Waals surface area contributed by atoms with E-state index in [9.17, 15) is 5.26 Å². The number of hydrogen-bond acceptors (Lipinski definition) is 10. The number of aryl methyl sites for hydroxylation is 1. The number of likely N-dealkylation sites (N-methyl/N-ethyl adjacent to an activating group) is 1. The van der Waals surface area contributed by atoms with E-state index in [0.717, 1.165) is 42.7 Å². The number of nitrogens with zero attached hydrogens (tertiary/aromatic N) is 6. The van der Waals surface area contributed by atoms with Crippen molar-refractivity contribution >= 4 is 16.3 Å². The van der Waals surface area contributed by atoms with E-state index in [4.69, 9.17) is 15.0 Å². The normalized spacial score (nSPS) is 23.1. The first-order valence-electron chi connectivity index (χ1n) is 10.8. The number of fused-ring (bicyclic) bond motifs is 1. The molecule has 0 bridgehead atoms. The summed E-state index contributed by atoms with van der Waals surface area (Å²) in [5.74, 6) is 0.844. The number of nitrogen functional groups attached to an aromatic ring is 1. The van der Waals surface area contributed by atoms with Crippen molar-refractivity contribution in [3.05, 3.63) is 34.2 Å². The third-order valence-corrected chi connectivity index (χ3v) is 7.67. The second-order valence-corrected chi connectivity index (χ2v) is 9.81. The van der Waals surface area contributed by atoms with E-state index in [-0.39, 0.29) is 0 Å². The summed E-state index contributed by atoms with van der Waals surface area (Å²) in [4.78, 5) is 16.8. The van der Waals surface area contributed by atoms with Crippen LogP contribution in [-0.2, 0) is 11.8 Å². The Morgan fingerprint density at radius 1 is 1.41 bits per heavy atom. The van der Waals surface area contributed by atoms with Crippen molar-refractivity contribution in [2.45, 2.75) is 50.5 Å². The molecule has 10 heteroatoms. The fourth-order valence-corrected chi connectivity index (χ4v) is 5.95. The van der Waals surface area contributed by atoms with Gasteiger partial charge in [-0.25, -0.2) is 4.98 Å². The maximum atomic E-state index is 9.68. The van der Waals surface area contributed by atoms with Gasteiger partial charge >= 0.3 is 6.01 Å². The van der Waals surface area contributed by atoms with E-state index in [0.29, 0.717) is 46.6 Å². The number of hydrogen-bond donors (Lipinski definition) is 1. The van der Waals surface area contributed by atoms with E-state index in [1.165, 1.54) is 17.8 Å². The third kappa shape index (κ3) is 3.51. The zero-order valence-electron chi connectivity index (χ0n) is 18.2. The van der Waals surface area contributed by atoms with Gasteiger partial charge in [0.05, 0.1) is 11.0 Å². The van der Waals surface area contributed by atoms with Crippen LogP contribution < -0.4 is 10.5 Å². The molecular formula is C22H25N7O2S. The zero-order valence-corrected chi connectivity index (χ0v) is 19.0. The predicted octanol–water partition coefficient (Wildman–Crippen LogP) is 3.16. The standard InChI is InChI=1S/C22H25N7O2S/c1-22(8-3-6-16-17(22)14(11-23)18(24)32-16)20-27-19(28-31-20)15-7-9-25-21(26-15)30-12-13-5-4-10-29(13)2/h7,9,13H,3-6,8,10,12,24H2,1-2H3/t13-,22-/m0/s1. The lowest BCUT2D eigenvalue weighted by molar-refractivity contribution is 0.188. The Labute approximate surface area is 190 Å². The molecule has 0 spiro atoms. The maximum absolute atomic E-state index is 9.68. The summed E-state index contributed by atoms with van der Waals surface area (Å²) in [7, 11) is 2.11. The zero-order chi connectivity index (χ0) is 22.3. The average Bonchev–Trinajstić information content (AvgIpc) is 3.51. The third-order valence-electron chi connectivity index (χ3n) is 6.59. The van der Waals surface area contributed by atoms with Crippen LogP contribution in [0, 0.1) is 11.3 Å². The summed E-state index contributed by atoms with van der Waals surface area (Å²) in [5, 5.41) is 14.4. The van der Waals surface area contributed by atoms with Crippen molar-refractivity contribution in [3.63, 3.8) is 0 Å². The molecule has 1 aliphatic carbocycles. The van der Waals surface area contributed by atoms with E-state index >= 15 is 0 Å². The molecule has 2 N–H and O–H groups in total. The van der Waals surface area contributed by atoms with Crippen LogP contribution in [-0.4, -0.2) is 51.2 Å². The van der Waals surface area contributed by atoms with Gasteiger partial charge in [0.15, 0.2) is 0 Å². The first-order chi connectivity index (χ1) is 15.5. The minimum Gasteiger partial charge on any atom is -0.462 e. The molecule has 3 aromatic rings. The van der Waals surface area contributed by atoms with Gasteiger partial charge in [0, 0.05) is 22.7 Å². The van der Waals surface area contributed by atoms with Gasteiger partial charge in [-0.1, -0.05) is 5.16 Å². The Morgan fingerprint density at radius 3 is 3.06 bits per heavy atom. The van der Waals surface area contributed by atoms with Crippen LogP contribution in [0.3, 0.4) is 0 Å². The van der Waals surface area contributed by atoms with Gasteiger partial charge in [0.2, 0.25) is 11.7 Å². The van der Waals surface area contributed by atoms with E-state index in [1.807, 2.05) is 6.92 Å². The minimum atomic E-state index is -0.558. The highest BCUT2D eigenvalue weighted by Crippen LogP contribution is 2.48. The van der Waals surface area contributed by atoms with Crippen molar-refractivity contribution in [3.8, 4) is 23.6 Å². The predicted molar refractivity (Wildman–Crippen MR) is 119 cm³/mol. The number of rotatable bonds is 5. The van der Waals surface area contributed by atoms with Gasteiger partial charge in [-0.05, 0) is 58.7 Å². The number of anilines is 1. The molecule has 3 aromatic heterocycles. The van der Waals surface area contributed by atoms with Crippen LogP contribution in [0.1, 0.15) is 54.5 Å². The van der Waals surface area contributed by atoms with Crippen LogP contribution in [0.2, 0.25) is 0 Å². The Morgan fingerprint density at radius 2 is 2.28 bits per heavy atom. The van der Waals surface area contributed by atoms with Gasteiger partial charge in [-0.2, -0.15) is 15.2 Å². The van der Waals surface area contributed by atoms with Crippen molar-refractivity contribution < 1.29 is 9.26 Å². The van der Waals surface area contributed by atoms with E-state index in [2.05, 4.69) is 38.1 Å². The van der Waals surface area contributed by atoms with Gasteiger partial charge in [0.1, 0.15) is 23.4 Å². The number of ether oxygens (including phenoxy) is 1. The summed E-state index contributed by atoms with van der Waals surface area (Å²) in [6.07, 6.45) is 6.61. The molecule has 0 aromatic carbocycles. The second-order valence-electron chi connectivity index (χ2n) is 8.67. The summed E-state index contributed by atoms with van der Waals surface area (Å²) in [6, 6.07) is 4.69. The molecule has 0 amide bonds. The molecule has 1 aliphatic heterocycles. The Bertz CT molecular complexity index is 1180. The highest BCUT2D eigenvalue weighted by molar-refractivity contribution is 7.16. The lowest BCUT2D eigenvalue weighted by atomic mass is 9.72. The summed E-state index contributed by atoms with van der Waals surface area (Å²) in [5.41, 5.74) is 7.56. The molecule has 4 heterocycles. The van der Waals surface area contributed by atoms with Crippen LogP contribution in [0.4, 0.5) is 5.00 Å². The maximum Gasteiger partial charge on any atom is 0.317 e. The number of likely N-dealkylation sites (tertiary alicyclic amines) is 1. The summed E-state index contributed by atoms with van der Waals surface area (Å²) in [6.45, 7) is 3.68. The second kappa shape index (κ2) is 8.15. The SMILES string of the molecule is CN1CCC[C@H]1COc1nccc(-c2noc([C@@]3(C)CCCc4sc(N)c(C#N)c43)n2)n1. The summed E-state index contributed by atoms with van der Waals surface area (Å²) < 4.78 is 11.6. The Kier molecular flexibility index (Phi) is 5.31. The first-order valence-corrected chi connectivity index (χ1v) is 11.6. The van der Waals surface area contributed by atoms with E-state index in [1.54, 1.807) is 12.3 Å². The Hall–Kier alpha value is -3.03. The number of thiophene rings is 1. The molecule has 0 saturated carbocycles. The molecule has 9 nitrogen and oxygen atoms in total. The summed E-state index contributed by atoms with van der Waals surface area (Å²) >= 11 is 1.48. The van der Waals surface area contributed by atoms with Crippen LogP contribution >= 0.6 is 11.3 Å². The monoisotopic (exact) mass is 451 g/mol. The molecule has 32 heavy (non-hydrogen) atoms. The van der Waals surface area contributed by atoms with Crippen molar-refractivity contribution in [2.24, 2.45) is 0 Å². The van der Waals surface area contributed by atoms with E-state index < -0.39 is 5.41 Å².